The topological polar surface area (TPSA) is 21.3 Å². The fraction of sp³-hybridized carbons (Fsp3) is 0.600. The van der Waals surface area contributed by atoms with Gasteiger partial charge in [0.15, 0.2) is 0 Å². The summed E-state index contributed by atoms with van der Waals surface area (Å²) in [5.41, 5.74) is 5.47. The van der Waals surface area contributed by atoms with E-state index in [9.17, 15) is 0 Å². The average Bonchev–Trinajstić information content (AvgIpc) is 2.23. The van der Waals surface area contributed by atoms with Gasteiger partial charge in [0.2, 0.25) is 0 Å². The number of hydrogen-bond donors (Lipinski definition) is 1. The second kappa shape index (κ2) is 6.18. The Kier molecular flexibility index (Phi) is 5.16. The molecule has 2 atom stereocenters. The van der Waals surface area contributed by atoms with Crippen molar-refractivity contribution in [1.29, 1.82) is 0 Å². The highest BCUT2D eigenvalue weighted by Gasteiger charge is 2.12. The average molecular weight is 235 g/mol. The van der Waals surface area contributed by atoms with E-state index in [4.69, 9.17) is 4.74 Å². The van der Waals surface area contributed by atoms with E-state index in [1.54, 1.807) is 7.11 Å². The first-order valence-electron chi connectivity index (χ1n) is 6.28. The molecule has 1 aromatic carbocycles. The Morgan fingerprint density at radius 3 is 2.24 bits per heavy atom. The zero-order valence-electron chi connectivity index (χ0n) is 11.9. The third-order valence-electron chi connectivity index (χ3n) is 3.30. The van der Waals surface area contributed by atoms with E-state index in [1.807, 2.05) is 0 Å². The molecule has 0 aliphatic rings. The Balaban J connectivity index is 2.81. The van der Waals surface area contributed by atoms with Crippen LogP contribution in [-0.4, -0.2) is 19.8 Å². The fourth-order valence-electron chi connectivity index (χ4n) is 2.26. The van der Waals surface area contributed by atoms with E-state index in [1.165, 1.54) is 22.3 Å². The van der Waals surface area contributed by atoms with Crippen LogP contribution in [0.1, 0.15) is 42.1 Å². The first-order chi connectivity index (χ1) is 7.95. The van der Waals surface area contributed by atoms with Gasteiger partial charge in [-0.25, -0.2) is 0 Å². The van der Waals surface area contributed by atoms with Crippen molar-refractivity contribution >= 4 is 0 Å². The molecule has 0 radical (unpaired) electrons. The smallest absolute Gasteiger partial charge is 0.0613 e. The molecular formula is C15H25NO. The summed E-state index contributed by atoms with van der Waals surface area (Å²) in [6.45, 7) is 11.6. The number of methoxy groups -OCH3 is 1. The van der Waals surface area contributed by atoms with Gasteiger partial charge in [-0.3, -0.25) is 0 Å². The van der Waals surface area contributed by atoms with Gasteiger partial charge in [-0.05, 0) is 56.9 Å². The number of hydrogen-bond acceptors (Lipinski definition) is 2. The van der Waals surface area contributed by atoms with Crippen LogP contribution >= 0.6 is 0 Å². The highest BCUT2D eigenvalue weighted by atomic mass is 16.5. The molecule has 0 spiro atoms. The summed E-state index contributed by atoms with van der Waals surface area (Å²) in [4.78, 5) is 0. The standard InChI is InChI=1S/C15H25NO/c1-10-7-12(3)15(8-11(10)2)14(5)16-13(4)9-17-6/h7-8,13-14,16H,9H2,1-6H3. The van der Waals surface area contributed by atoms with Crippen molar-refractivity contribution in [2.24, 2.45) is 0 Å². The molecule has 0 aliphatic carbocycles. The predicted octanol–water partition coefficient (Wildman–Crippen LogP) is 3.30. The molecular weight excluding hydrogens is 210 g/mol. The molecule has 2 nitrogen and oxygen atoms in total. The summed E-state index contributed by atoms with van der Waals surface area (Å²) in [7, 11) is 1.74. The van der Waals surface area contributed by atoms with E-state index >= 15 is 0 Å². The summed E-state index contributed by atoms with van der Waals surface area (Å²) >= 11 is 0. The molecule has 0 heterocycles. The largest absolute Gasteiger partial charge is 0.383 e. The van der Waals surface area contributed by atoms with Gasteiger partial charge in [0.05, 0.1) is 6.61 Å². The molecule has 96 valence electrons. The van der Waals surface area contributed by atoms with Crippen LogP contribution in [0.2, 0.25) is 0 Å². The Morgan fingerprint density at radius 1 is 1.06 bits per heavy atom. The zero-order valence-corrected chi connectivity index (χ0v) is 11.9. The fourth-order valence-corrected chi connectivity index (χ4v) is 2.26. The van der Waals surface area contributed by atoms with E-state index in [-0.39, 0.29) is 0 Å². The minimum absolute atomic E-state index is 0.361. The van der Waals surface area contributed by atoms with E-state index in [0.29, 0.717) is 12.1 Å². The van der Waals surface area contributed by atoms with Gasteiger partial charge in [0.1, 0.15) is 0 Å². The van der Waals surface area contributed by atoms with Crippen LogP contribution in [0.3, 0.4) is 0 Å². The summed E-state index contributed by atoms with van der Waals surface area (Å²) in [5, 5.41) is 3.56. The second-order valence-electron chi connectivity index (χ2n) is 5.04. The van der Waals surface area contributed by atoms with Gasteiger partial charge in [0.25, 0.3) is 0 Å². The lowest BCUT2D eigenvalue weighted by atomic mass is 9.96. The van der Waals surface area contributed by atoms with Crippen molar-refractivity contribution in [1.82, 2.24) is 5.32 Å². The van der Waals surface area contributed by atoms with Crippen LogP contribution in [0.25, 0.3) is 0 Å². The van der Waals surface area contributed by atoms with Gasteiger partial charge >= 0.3 is 0 Å². The van der Waals surface area contributed by atoms with Crippen LogP contribution in [-0.2, 0) is 4.74 Å². The maximum Gasteiger partial charge on any atom is 0.0613 e. The Labute approximate surface area is 105 Å². The molecule has 2 unspecified atom stereocenters. The van der Waals surface area contributed by atoms with Crippen molar-refractivity contribution in [3.05, 3.63) is 34.4 Å². The third kappa shape index (κ3) is 3.83. The van der Waals surface area contributed by atoms with Gasteiger partial charge in [-0.2, -0.15) is 0 Å². The third-order valence-corrected chi connectivity index (χ3v) is 3.30. The number of rotatable bonds is 5. The molecule has 0 saturated carbocycles. The van der Waals surface area contributed by atoms with Gasteiger partial charge < -0.3 is 10.1 Å². The second-order valence-corrected chi connectivity index (χ2v) is 5.04. The lowest BCUT2D eigenvalue weighted by molar-refractivity contribution is 0.167. The Bertz CT molecular complexity index is 373. The summed E-state index contributed by atoms with van der Waals surface area (Å²) in [6, 6.07) is 5.29. The Morgan fingerprint density at radius 2 is 1.65 bits per heavy atom. The minimum atomic E-state index is 0.361. The molecule has 0 aromatic heterocycles. The summed E-state index contributed by atoms with van der Waals surface area (Å²) in [6.07, 6.45) is 0. The van der Waals surface area contributed by atoms with Crippen LogP contribution in [0, 0.1) is 20.8 Å². The predicted molar refractivity (Wildman–Crippen MR) is 73.5 cm³/mol. The molecule has 0 aliphatic heterocycles. The SMILES string of the molecule is COCC(C)NC(C)c1cc(C)c(C)cc1C. The van der Waals surface area contributed by atoms with E-state index < -0.39 is 0 Å². The molecule has 0 fully saturated rings. The molecule has 1 rings (SSSR count). The normalized spacial score (nSPS) is 14.7. The van der Waals surface area contributed by atoms with Crippen LogP contribution in [0.5, 0.6) is 0 Å². The van der Waals surface area contributed by atoms with Crippen molar-refractivity contribution in [2.75, 3.05) is 13.7 Å². The first-order valence-corrected chi connectivity index (χ1v) is 6.28. The highest BCUT2D eigenvalue weighted by Crippen LogP contribution is 2.21. The van der Waals surface area contributed by atoms with Crippen LogP contribution in [0.4, 0.5) is 0 Å². The van der Waals surface area contributed by atoms with Gasteiger partial charge in [-0.1, -0.05) is 12.1 Å². The molecule has 0 bridgehead atoms. The van der Waals surface area contributed by atoms with Gasteiger partial charge in [0, 0.05) is 19.2 Å². The lowest BCUT2D eigenvalue weighted by Crippen LogP contribution is -2.32. The highest BCUT2D eigenvalue weighted by molar-refractivity contribution is 5.38. The number of nitrogens with one attached hydrogen (secondary N) is 1. The van der Waals surface area contributed by atoms with Crippen molar-refractivity contribution in [2.45, 2.75) is 46.7 Å². The monoisotopic (exact) mass is 235 g/mol. The van der Waals surface area contributed by atoms with Crippen LogP contribution in [0.15, 0.2) is 12.1 Å². The van der Waals surface area contributed by atoms with E-state index in [2.05, 4.69) is 52.1 Å². The number of ether oxygens (including phenoxy) is 1. The maximum absolute atomic E-state index is 5.15. The van der Waals surface area contributed by atoms with Gasteiger partial charge in [-0.15, -0.1) is 0 Å². The van der Waals surface area contributed by atoms with Crippen molar-refractivity contribution < 1.29 is 4.74 Å². The quantitative estimate of drug-likeness (QED) is 0.845. The molecule has 1 N–H and O–H groups in total. The number of benzene rings is 1. The number of aryl methyl sites for hydroxylation is 3. The van der Waals surface area contributed by atoms with Crippen molar-refractivity contribution in [3.8, 4) is 0 Å². The lowest BCUT2D eigenvalue weighted by Gasteiger charge is -2.22. The Hall–Kier alpha value is -0.860. The zero-order chi connectivity index (χ0) is 13.0. The summed E-state index contributed by atoms with van der Waals surface area (Å²) in [5.74, 6) is 0. The molecule has 2 heteroatoms. The molecule has 1 aromatic rings. The van der Waals surface area contributed by atoms with Crippen molar-refractivity contribution in [3.63, 3.8) is 0 Å². The maximum atomic E-state index is 5.15. The summed E-state index contributed by atoms with van der Waals surface area (Å²) < 4.78 is 5.15. The van der Waals surface area contributed by atoms with E-state index in [0.717, 1.165) is 6.61 Å². The molecule has 17 heavy (non-hydrogen) atoms. The van der Waals surface area contributed by atoms with Crippen LogP contribution < -0.4 is 5.32 Å². The molecule has 0 amide bonds. The first kappa shape index (κ1) is 14.2. The molecule has 0 saturated heterocycles. The minimum Gasteiger partial charge on any atom is -0.383 e.